The average molecular weight is 313 g/mol. The van der Waals surface area contributed by atoms with Gasteiger partial charge < -0.3 is 5.73 Å². The molecule has 1 fully saturated rings. The van der Waals surface area contributed by atoms with Crippen molar-refractivity contribution in [2.45, 2.75) is 12.6 Å². The van der Waals surface area contributed by atoms with Crippen LogP contribution in [0.15, 0.2) is 54.6 Å². The lowest BCUT2D eigenvalue weighted by atomic mass is 10.0. The summed E-state index contributed by atoms with van der Waals surface area (Å²) < 4.78 is 13.1. The molecule has 0 radical (unpaired) electrons. The third kappa shape index (κ3) is 4.16. The Morgan fingerprint density at radius 1 is 0.913 bits per heavy atom. The van der Waals surface area contributed by atoms with Crippen molar-refractivity contribution in [2.75, 3.05) is 32.7 Å². The van der Waals surface area contributed by atoms with Gasteiger partial charge in [-0.25, -0.2) is 4.39 Å². The molecule has 3 rings (SSSR count). The van der Waals surface area contributed by atoms with Crippen LogP contribution in [0.5, 0.6) is 0 Å². The summed E-state index contributed by atoms with van der Waals surface area (Å²) in [5.41, 5.74) is 8.44. The molecule has 0 bridgehead atoms. The number of piperazine rings is 1. The maximum absolute atomic E-state index is 13.1. The van der Waals surface area contributed by atoms with Gasteiger partial charge in [0, 0.05) is 45.3 Å². The van der Waals surface area contributed by atoms with Crippen molar-refractivity contribution in [3.8, 4) is 0 Å². The first-order valence-corrected chi connectivity index (χ1v) is 8.22. The van der Waals surface area contributed by atoms with E-state index in [1.54, 1.807) is 0 Å². The molecule has 3 nitrogen and oxygen atoms in total. The maximum atomic E-state index is 13.1. The van der Waals surface area contributed by atoms with Crippen LogP contribution in [0.3, 0.4) is 0 Å². The highest BCUT2D eigenvalue weighted by atomic mass is 19.1. The molecule has 2 N–H and O–H groups in total. The number of hydrogen-bond acceptors (Lipinski definition) is 3. The molecule has 0 spiro atoms. The van der Waals surface area contributed by atoms with Crippen LogP contribution in [0.1, 0.15) is 17.2 Å². The first kappa shape index (κ1) is 16.1. The molecule has 2 aromatic rings. The number of nitrogens with zero attached hydrogens (tertiary/aromatic N) is 2. The Morgan fingerprint density at radius 2 is 1.57 bits per heavy atom. The quantitative estimate of drug-likeness (QED) is 0.921. The number of benzene rings is 2. The second-order valence-corrected chi connectivity index (χ2v) is 6.10. The Labute approximate surface area is 137 Å². The van der Waals surface area contributed by atoms with Gasteiger partial charge in [-0.15, -0.1) is 0 Å². The zero-order valence-electron chi connectivity index (χ0n) is 13.4. The summed E-state index contributed by atoms with van der Waals surface area (Å²) in [5, 5.41) is 0. The topological polar surface area (TPSA) is 32.5 Å². The van der Waals surface area contributed by atoms with Gasteiger partial charge in [0.25, 0.3) is 0 Å². The average Bonchev–Trinajstić information content (AvgIpc) is 2.60. The van der Waals surface area contributed by atoms with E-state index in [0.29, 0.717) is 6.54 Å². The zero-order valence-corrected chi connectivity index (χ0v) is 13.4. The van der Waals surface area contributed by atoms with Crippen LogP contribution in [0, 0.1) is 5.82 Å². The van der Waals surface area contributed by atoms with Crippen molar-refractivity contribution in [1.82, 2.24) is 9.80 Å². The summed E-state index contributed by atoms with van der Waals surface area (Å²) in [6.07, 6.45) is 0. The van der Waals surface area contributed by atoms with Gasteiger partial charge in [0.15, 0.2) is 0 Å². The van der Waals surface area contributed by atoms with E-state index in [1.807, 2.05) is 12.1 Å². The fraction of sp³-hybridized carbons (Fsp3) is 0.368. The second kappa shape index (κ2) is 7.68. The summed E-state index contributed by atoms with van der Waals surface area (Å²) in [6.45, 7) is 5.61. The summed E-state index contributed by atoms with van der Waals surface area (Å²) in [7, 11) is 0. The molecule has 0 saturated carbocycles. The third-order valence-electron chi connectivity index (χ3n) is 4.57. The Hall–Kier alpha value is -1.75. The molecule has 1 aliphatic heterocycles. The van der Waals surface area contributed by atoms with Gasteiger partial charge in [-0.05, 0) is 23.3 Å². The monoisotopic (exact) mass is 313 g/mol. The Balaban J connectivity index is 1.58. The van der Waals surface area contributed by atoms with Crippen molar-refractivity contribution in [1.29, 1.82) is 0 Å². The molecular formula is C19H24FN3. The van der Waals surface area contributed by atoms with Crippen LogP contribution in [0.4, 0.5) is 4.39 Å². The lowest BCUT2D eigenvalue weighted by Crippen LogP contribution is -2.48. The van der Waals surface area contributed by atoms with E-state index in [1.165, 1.54) is 17.7 Å². The highest BCUT2D eigenvalue weighted by molar-refractivity contribution is 5.21. The van der Waals surface area contributed by atoms with Crippen molar-refractivity contribution in [3.05, 3.63) is 71.5 Å². The molecular weight excluding hydrogens is 289 g/mol. The van der Waals surface area contributed by atoms with Crippen LogP contribution in [0.2, 0.25) is 0 Å². The van der Waals surface area contributed by atoms with Gasteiger partial charge in [-0.3, -0.25) is 9.80 Å². The molecule has 0 aromatic heterocycles. The van der Waals surface area contributed by atoms with E-state index in [9.17, 15) is 4.39 Å². The first-order valence-electron chi connectivity index (χ1n) is 8.22. The van der Waals surface area contributed by atoms with Crippen LogP contribution in [-0.2, 0) is 6.54 Å². The van der Waals surface area contributed by atoms with E-state index >= 15 is 0 Å². The van der Waals surface area contributed by atoms with Crippen molar-refractivity contribution >= 4 is 0 Å². The molecule has 4 heteroatoms. The van der Waals surface area contributed by atoms with Gasteiger partial charge in [-0.1, -0.05) is 42.5 Å². The van der Waals surface area contributed by atoms with Crippen molar-refractivity contribution < 1.29 is 4.39 Å². The number of rotatable bonds is 5. The van der Waals surface area contributed by atoms with E-state index < -0.39 is 0 Å². The number of nitrogens with two attached hydrogens (primary N) is 1. The van der Waals surface area contributed by atoms with Gasteiger partial charge >= 0.3 is 0 Å². The molecule has 0 aliphatic carbocycles. The van der Waals surface area contributed by atoms with Gasteiger partial charge in [-0.2, -0.15) is 0 Å². The third-order valence-corrected chi connectivity index (χ3v) is 4.57. The fourth-order valence-electron chi connectivity index (χ4n) is 3.26. The second-order valence-electron chi connectivity index (χ2n) is 6.10. The van der Waals surface area contributed by atoms with E-state index in [4.69, 9.17) is 5.73 Å². The van der Waals surface area contributed by atoms with Gasteiger partial charge in [0.05, 0.1) is 0 Å². The minimum Gasteiger partial charge on any atom is -0.329 e. The van der Waals surface area contributed by atoms with Crippen LogP contribution in [-0.4, -0.2) is 42.5 Å². The van der Waals surface area contributed by atoms with Gasteiger partial charge in [0.2, 0.25) is 0 Å². The predicted molar refractivity (Wildman–Crippen MR) is 91.5 cm³/mol. The summed E-state index contributed by atoms with van der Waals surface area (Å²) in [5.74, 6) is -0.197. The van der Waals surface area contributed by atoms with E-state index in [-0.39, 0.29) is 11.9 Å². The molecule has 1 heterocycles. The molecule has 1 saturated heterocycles. The van der Waals surface area contributed by atoms with Crippen LogP contribution in [0.25, 0.3) is 0 Å². The molecule has 1 aliphatic rings. The highest BCUT2D eigenvalue weighted by Gasteiger charge is 2.24. The molecule has 1 atom stereocenters. The SMILES string of the molecule is NC[C@@H](c1ccc(F)cc1)N1CCN(Cc2ccccc2)CC1. The molecule has 0 amide bonds. The molecule has 122 valence electrons. The van der Waals surface area contributed by atoms with Crippen LogP contribution < -0.4 is 5.73 Å². The van der Waals surface area contributed by atoms with Crippen molar-refractivity contribution in [2.24, 2.45) is 5.73 Å². The zero-order chi connectivity index (χ0) is 16.1. The van der Waals surface area contributed by atoms with Crippen molar-refractivity contribution in [3.63, 3.8) is 0 Å². The molecule has 2 aromatic carbocycles. The smallest absolute Gasteiger partial charge is 0.123 e. The van der Waals surface area contributed by atoms with E-state index in [0.717, 1.165) is 38.3 Å². The van der Waals surface area contributed by atoms with Gasteiger partial charge in [0.1, 0.15) is 5.82 Å². The standard InChI is InChI=1S/C19H24FN3/c20-18-8-6-17(7-9-18)19(14-21)23-12-10-22(11-13-23)15-16-4-2-1-3-5-16/h1-9,19H,10-15,21H2/t19-/m0/s1. The Morgan fingerprint density at radius 3 is 2.17 bits per heavy atom. The lowest BCUT2D eigenvalue weighted by Gasteiger charge is -2.39. The number of halogens is 1. The minimum atomic E-state index is -0.197. The molecule has 23 heavy (non-hydrogen) atoms. The largest absolute Gasteiger partial charge is 0.329 e. The molecule has 0 unspecified atom stereocenters. The lowest BCUT2D eigenvalue weighted by molar-refractivity contribution is 0.0941. The fourth-order valence-corrected chi connectivity index (χ4v) is 3.26. The predicted octanol–water partition coefficient (Wildman–Crippen LogP) is 2.64. The first-order chi connectivity index (χ1) is 11.3. The normalized spacial score (nSPS) is 18.0. The Bertz CT molecular complexity index is 592. The number of hydrogen-bond donors (Lipinski definition) is 1. The summed E-state index contributed by atoms with van der Waals surface area (Å²) >= 11 is 0. The van der Waals surface area contributed by atoms with Crippen LogP contribution >= 0.6 is 0 Å². The summed E-state index contributed by atoms with van der Waals surface area (Å²) in [4.78, 5) is 4.89. The maximum Gasteiger partial charge on any atom is 0.123 e. The Kier molecular flexibility index (Phi) is 5.39. The minimum absolute atomic E-state index is 0.175. The highest BCUT2D eigenvalue weighted by Crippen LogP contribution is 2.22. The summed E-state index contributed by atoms with van der Waals surface area (Å²) in [6, 6.07) is 17.5. The van der Waals surface area contributed by atoms with E-state index in [2.05, 4.69) is 40.1 Å².